The summed E-state index contributed by atoms with van der Waals surface area (Å²) in [6.45, 7) is 5.60. The van der Waals surface area contributed by atoms with Crippen LogP contribution in [0.25, 0.3) is 0 Å². The Morgan fingerprint density at radius 2 is 2.53 bits per heavy atom. The van der Waals surface area contributed by atoms with Gasteiger partial charge in [0.1, 0.15) is 18.3 Å². The van der Waals surface area contributed by atoms with Crippen molar-refractivity contribution in [3.8, 4) is 0 Å². The highest BCUT2D eigenvalue weighted by atomic mass is 16.6. The van der Waals surface area contributed by atoms with Crippen molar-refractivity contribution in [2.45, 2.75) is 44.0 Å². The SMILES string of the molecule is C=C1CCC(O)C[C@@]12O[C@@H]2COC(C)=O. The van der Waals surface area contributed by atoms with Crippen molar-refractivity contribution >= 4 is 5.97 Å². The van der Waals surface area contributed by atoms with E-state index >= 15 is 0 Å². The minimum atomic E-state index is -0.410. The van der Waals surface area contributed by atoms with Crippen LogP contribution in [0.1, 0.15) is 26.2 Å². The predicted molar refractivity (Wildman–Crippen MR) is 53.2 cm³/mol. The smallest absolute Gasteiger partial charge is 0.302 e. The first-order valence-corrected chi connectivity index (χ1v) is 5.22. The summed E-state index contributed by atoms with van der Waals surface area (Å²) in [5, 5.41) is 9.57. The standard InChI is InChI=1S/C11H16O4/c1-7-3-4-9(13)5-11(7)10(15-11)6-14-8(2)12/h9-10,13H,1,3-6H2,2H3/t9?,10-,11-/m1/s1. The van der Waals surface area contributed by atoms with Gasteiger partial charge in [0.15, 0.2) is 0 Å². The zero-order valence-electron chi connectivity index (χ0n) is 8.86. The van der Waals surface area contributed by atoms with Gasteiger partial charge in [0.05, 0.1) is 6.10 Å². The second kappa shape index (κ2) is 3.61. The molecule has 1 saturated carbocycles. The van der Waals surface area contributed by atoms with Gasteiger partial charge in [0.25, 0.3) is 0 Å². The number of ether oxygens (including phenoxy) is 2. The third kappa shape index (κ3) is 1.92. The molecular formula is C11H16O4. The number of carbonyl (C=O) groups excluding carboxylic acids is 1. The molecule has 15 heavy (non-hydrogen) atoms. The molecule has 0 amide bonds. The Kier molecular flexibility index (Phi) is 2.56. The zero-order chi connectivity index (χ0) is 11.1. The van der Waals surface area contributed by atoms with E-state index in [9.17, 15) is 9.90 Å². The number of rotatable bonds is 2. The maximum atomic E-state index is 10.6. The summed E-state index contributed by atoms with van der Waals surface area (Å²) in [4.78, 5) is 10.6. The molecule has 1 spiro atoms. The number of aliphatic hydroxyl groups is 1. The molecular weight excluding hydrogens is 196 g/mol. The zero-order valence-corrected chi connectivity index (χ0v) is 8.86. The van der Waals surface area contributed by atoms with Crippen molar-refractivity contribution in [3.63, 3.8) is 0 Å². The molecule has 1 aliphatic heterocycles. The average molecular weight is 212 g/mol. The van der Waals surface area contributed by atoms with Gasteiger partial charge in [-0.1, -0.05) is 6.58 Å². The van der Waals surface area contributed by atoms with Gasteiger partial charge >= 0.3 is 5.97 Å². The first-order valence-electron chi connectivity index (χ1n) is 5.22. The molecule has 2 rings (SSSR count). The quantitative estimate of drug-likeness (QED) is 0.417. The van der Waals surface area contributed by atoms with Crippen molar-refractivity contribution in [2.24, 2.45) is 0 Å². The molecule has 1 saturated heterocycles. The van der Waals surface area contributed by atoms with Crippen LogP contribution in [0.4, 0.5) is 0 Å². The van der Waals surface area contributed by atoms with Gasteiger partial charge in [-0.15, -0.1) is 0 Å². The topological polar surface area (TPSA) is 59.1 Å². The second-order valence-electron chi connectivity index (χ2n) is 4.30. The molecule has 0 aromatic heterocycles. The number of esters is 1. The van der Waals surface area contributed by atoms with Gasteiger partial charge in [-0.05, 0) is 18.4 Å². The van der Waals surface area contributed by atoms with E-state index in [4.69, 9.17) is 9.47 Å². The maximum absolute atomic E-state index is 10.6. The van der Waals surface area contributed by atoms with E-state index in [0.717, 1.165) is 18.4 Å². The van der Waals surface area contributed by atoms with Crippen LogP contribution >= 0.6 is 0 Å². The summed E-state index contributed by atoms with van der Waals surface area (Å²) in [6.07, 6.45) is 1.70. The molecule has 1 aliphatic carbocycles. The molecule has 0 radical (unpaired) electrons. The fourth-order valence-corrected chi connectivity index (χ4v) is 2.22. The molecule has 0 bridgehead atoms. The van der Waals surface area contributed by atoms with Crippen LogP contribution in [0.3, 0.4) is 0 Å². The predicted octanol–water partition coefficient (Wildman–Crippen LogP) is 0.788. The fourth-order valence-electron chi connectivity index (χ4n) is 2.22. The van der Waals surface area contributed by atoms with E-state index < -0.39 is 5.60 Å². The van der Waals surface area contributed by atoms with E-state index in [1.165, 1.54) is 6.92 Å². The Morgan fingerprint density at radius 1 is 1.80 bits per heavy atom. The highest BCUT2D eigenvalue weighted by molar-refractivity contribution is 5.66. The number of hydrogen-bond acceptors (Lipinski definition) is 4. The molecule has 0 aromatic carbocycles. The number of epoxide rings is 1. The molecule has 1 unspecified atom stereocenters. The van der Waals surface area contributed by atoms with Crippen LogP contribution in [0, 0.1) is 0 Å². The average Bonchev–Trinajstić information content (AvgIpc) is 2.84. The number of carbonyl (C=O) groups is 1. The molecule has 0 aromatic rings. The van der Waals surface area contributed by atoms with Crippen LogP contribution in [0.15, 0.2) is 12.2 Å². The van der Waals surface area contributed by atoms with Crippen molar-refractivity contribution in [3.05, 3.63) is 12.2 Å². The van der Waals surface area contributed by atoms with Gasteiger partial charge in [-0.2, -0.15) is 0 Å². The summed E-state index contributed by atoms with van der Waals surface area (Å²) in [7, 11) is 0. The first kappa shape index (κ1) is 10.6. The number of aliphatic hydroxyl groups excluding tert-OH is 1. The third-order valence-corrected chi connectivity index (χ3v) is 3.17. The Hall–Kier alpha value is -0.870. The fraction of sp³-hybridized carbons (Fsp3) is 0.727. The highest BCUT2D eigenvalue weighted by Gasteiger charge is 2.60. The molecule has 2 fully saturated rings. The Balaban J connectivity index is 1.92. The van der Waals surface area contributed by atoms with Gasteiger partial charge in [-0.25, -0.2) is 0 Å². The lowest BCUT2D eigenvalue weighted by molar-refractivity contribution is -0.141. The molecule has 4 heteroatoms. The molecule has 84 valence electrons. The van der Waals surface area contributed by atoms with E-state index in [1.807, 2.05) is 0 Å². The van der Waals surface area contributed by atoms with Crippen LogP contribution < -0.4 is 0 Å². The lowest BCUT2D eigenvalue weighted by atomic mass is 9.81. The molecule has 3 atom stereocenters. The minimum Gasteiger partial charge on any atom is -0.463 e. The second-order valence-corrected chi connectivity index (χ2v) is 4.30. The molecule has 2 aliphatic rings. The van der Waals surface area contributed by atoms with Crippen molar-refractivity contribution < 1.29 is 19.4 Å². The van der Waals surface area contributed by atoms with Crippen LogP contribution in [-0.2, 0) is 14.3 Å². The lowest BCUT2D eigenvalue weighted by Gasteiger charge is -2.26. The Labute approximate surface area is 88.9 Å². The van der Waals surface area contributed by atoms with E-state index in [2.05, 4.69) is 6.58 Å². The largest absolute Gasteiger partial charge is 0.463 e. The van der Waals surface area contributed by atoms with Crippen molar-refractivity contribution in [1.29, 1.82) is 0 Å². The summed E-state index contributed by atoms with van der Waals surface area (Å²) < 4.78 is 10.4. The normalized spacial score (nSPS) is 39.2. The maximum Gasteiger partial charge on any atom is 0.302 e. The van der Waals surface area contributed by atoms with E-state index in [1.54, 1.807) is 0 Å². The summed E-state index contributed by atoms with van der Waals surface area (Å²) in [5.41, 5.74) is 0.609. The van der Waals surface area contributed by atoms with Crippen LogP contribution in [0.2, 0.25) is 0 Å². The first-order chi connectivity index (χ1) is 7.04. The third-order valence-electron chi connectivity index (χ3n) is 3.17. The molecule has 4 nitrogen and oxygen atoms in total. The minimum absolute atomic E-state index is 0.108. The Bertz CT molecular complexity index is 299. The monoisotopic (exact) mass is 212 g/mol. The van der Waals surface area contributed by atoms with Crippen molar-refractivity contribution in [1.82, 2.24) is 0 Å². The van der Waals surface area contributed by atoms with Crippen LogP contribution in [0.5, 0.6) is 0 Å². The van der Waals surface area contributed by atoms with Gasteiger partial charge in [0.2, 0.25) is 0 Å². The van der Waals surface area contributed by atoms with Gasteiger partial charge in [-0.3, -0.25) is 4.79 Å². The highest BCUT2D eigenvalue weighted by Crippen LogP contribution is 2.50. The Morgan fingerprint density at radius 3 is 3.20 bits per heavy atom. The van der Waals surface area contributed by atoms with E-state index in [0.29, 0.717) is 6.42 Å². The van der Waals surface area contributed by atoms with Crippen molar-refractivity contribution in [2.75, 3.05) is 6.61 Å². The lowest BCUT2D eigenvalue weighted by Crippen LogP contribution is -2.31. The summed E-state index contributed by atoms with van der Waals surface area (Å²) in [5.74, 6) is -0.303. The molecule has 1 heterocycles. The van der Waals surface area contributed by atoms with Gasteiger partial charge < -0.3 is 14.6 Å². The summed E-state index contributed by atoms with van der Waals surface area (Å²) in [6, 6.07) is 0. The van der Waals surface area contributed by atoms with E-state index in [-0.39, 0.29) is 24.8 Å². The molecule has 1 N–H and O–H groups in total. The summed E-state index contributed by atoms with van der Waals surface area (Å²) >= 11 is 0. The van der Waals surface area contributed by atoms with Gasteiger partial charge in [0, 0.05) is 13.3 Å². The number of hydrogen-bond donors (Lipinski definition) is 1. The van der Waals surface area contributed by atoms with Crippen LogP contribution in [-0.4, -0.2) is 35.5 Å².